The molecule has 3 aromatic rings. The van der Waals surface area contributed by atoms with Crippen molar-refractivity contribution in [2.24, 2.45) is 0 Å². The van der Waals surface area contributed by atoms with Crippen LogP contribution in [0.3, 0.4) is 0 Å². The first-order valence-corrected chi connectivity index (χ1v) is 9.93. The van der Waals surface area contributed by atoms with Gasteiger partial charge in [0.2, 0.25) is 0 Å². The number of hydrogen-bond acceptors (Lipinski definition) is 2. The highest BCUT2D eigenvalue weighted by molar-refractivity contribution is 6.37. The van der Waals surface area contributed by atoms with E-state index in [1.807, 2.05) is 12.1 Å². The van der Waals surface area contributed by atoms with E-state index in [1.165, 1.54) is 31.4 Å². The molecule has 2 aromatic carbocycles. The number of fused-ring (bicyclic) bond motifs is 1. The number of carbonyl (C=O) groups excluding carboxylic acids is 1. The molecule has 0 aliphatic carbocycles. The lowest BCUT2D eigenvalue weighted by Gasteiger charge is -2.15. The van der Waals surface area contributed by atoms with Crippen LogP contribution in [0.2, 0.25) is 10.0 Å². The number of halogens is 2. The Morgan fingerprint density at radius 1 is 1.00 bits per heavy atom. The van der Waals surface area contributed by atoms with E-state index in [1.54, 1.807) is 18.2 Å². The number of likely N-dealkylation sites (tertiary alicyclic amines) is 1. The van der Waals surface area contributed by atoms with Crippen LogP contribution in [0.4, 0.5) is 5.69 Å². The van der Waals surface area contributed by atoms with Gasteiger partial charge in [0.25, 0.3) is 5.91 Å². The second-order valence-corrected chi connectivity index (χ2v) is 7.75. The maximum Gasteiger partial charge on any atom is 0.257 e. The molecule has 1 N–H and O–H groups in total. The van der Waals surface area contributed by atoms with Crippen LogP contribution in [0.1, 0.15) is 23.2 Å². The fraction of sp³-hybridized carbons (Fsp3) is 0.286. The molecule has 4 nitrogen and oxygen atoms in total. The molecule has 2 heterocycles. The summed E-state index contributed by atoms with van der Waals surface area (Å²) in [5.74, 6) is -0.246. The summed E-state index contributed by atoms with van der Waals surface area (Å²) >= 11 is 12.0. The fourth-order valence-electron chi connectivity index (χ4n) is 3.60. The molecule has 0 bridgehead atoms. The third-order valence-electron chi connectivity index (χ3n) is 5.06. The second kappa shape index (κ2) is 7.93. The van der Waals surface area contributed by atoms with E-state index in [4.69, 9.17) is 23.2 Å². The van der Waals surface area contributed by atoms with E-state index in [-0.39, 0.29) is 5.91 Å². The molecule has 1 aliphatic heterocycles. The number of nitrogens with zero attached hydrogens (tertiary/aromatic N) is 2. The van der Waals surface area contributed by atoms with Crippen molar-refractivity contribution in [3.63, 3.8) is 0 Å². The number of nitrogens with one attached hydrogen (secondary N) is 1. The average Bonchev–Trinajstić information content (AvgIpc) is 3.29. The summed E-state index contributed by atoms with van der Waals surface area (Å²) < 4.78 is 2.27. The largest absolute Gasteiger partial charge is 0.346 e. The Labute approximate surface area is 168 Å². The molecule has 1 saturated heterocycles. The van der Waals surface area contributed by atoms with Crippen molar-refractivity contribution in [3.05, 3.63) is 64.3 Å². The summed E-state index contributed by atoms with van der Waals surface area (Å²) in [4.78, 5) is 15.0. The van der Waals surface area contributed by atoms with E-state index < -0.39 is 0 Å². The monoisotopic (exact) mass is 401 g/mol. The molecule has 4 rings (SSSR count). The highest BCUT2D eigenvalue weighted by Crippen LogP contribution is 2.24. The van der Waals surface area contributed by atoms with Gasteiger partial charge >= 0.3 is 0 Å². The van der Waals surface area contributed by atoms with Gasteiger partial charge < -0.3 is 14.8 Å². The molecule has 1 aliphatic rings. The molecule has 0 spiro atoms. The van der Waals surface area contributed by atoms with Crippen molar-refractivity contribution in [1.29, 1.82) is 0 Å². The Morgan fingerprint density at radius 3 is 2.59 bits per heavy atom. The minimum Gasteiger partial charge on any atom is -0.346 e. The summed E-state index contributed by atoms with van der Waals surface area (Å²) in [6.07, 6.45) is 4.74. The maximum atomic E-state index is 12.5. The van der Waals surface area contributed by atoms with Crippen molar-refractivity contribution < 1.29 is 4.79 Å². The van der Waals surface area contributed by atoms with Crippen molar-refractivity contribution in [2.75, 3.05) is 25.0 Å². The topological polar surface area (TPSA) is 37.3 Å². The Morgan fingerprint density at radius 2 is 1.81 bits per heavy atom. The predicted molar refractivity (Wildman–Crippen MR) is 112 cm³/mol. The minimum absolute atomic E-state index is 0.246. The van der Waals surface area contributed by atoms with Crippen LogP contribution in [0.5, 0.6) is 0 Å². The van der Waals surface area contributed by atoms with Crippen molar-refractivity contribution in [3.8, 4) is 0 Å². The van der Waals surface area contributed by atoms with Gasteiger partial charge in [0.15, 0.2) is 0 Å². The molecule has 1 aromatic heterocycles. The maximum absolute atomic E-state index is 12.5. The zero-order chi connectivity index (χ0) is 18.8. The average molecular weight is 402 g/mol. The standard InChI is InChI=1S/C21H21Cl2N3O/c22-16-3-5-18(19(23)14-16)21(27)24-17-4-6-20-15(13-17)7-10-26(20)12-11-25-8-1-2-9-25/h3-7,10,13-14H,1-2,8-9,11-12H2,(H,24,27). The quantitative estimate of drug-likeness (QED) is 0.629. The lowest BCUT2D eigenvalue weighted by atomic mass is 10.2. The zero-order valence-electron chi connectivity index (χ0n) is 14.9. The normalized spacial score (nSPS) is 14.7. The molecule has 27 heavy (non-hydrogen) atoms. The molecule has 0 radical (unpaired) electrons. The SMILES string of the molecule is O=C(Nc1ccc2c(ccn2CCN2CCCC2)c1)c1ccc(Cl)cc1Cl. The first-order valence-electron chi connectivity index (χ1n) is 9.18. The summed E-state index contributed by atoms with van der Waals surface area (Å²) in [5, 5.41) is 4.87. The van der Waals surface area contributed by atoms with E-state index in [9.17, 15) is 4.79 Å². The third-order valence-corrected chi connectivity index (χ3v) is 5.61. The molecular formula is C21H21Cl2N3O. The summed E-state index contributed by atoms with van der Waals surface area (Å²) in [6.45, 7) is 4.48. The smallest absolute Gasteiger partial charge is 0.257 e. The van der Waals surface area contributed by atoms with E-state index in [0.29, 0.717) is 15.6 Å². The van der Waals surface area contributed by atoms with Gasteiger partial charge in [-0.3, -0.25) is 4.79 Å². The van der Waals surface area contributed by atoms with Gasteiger partial charge in [-0.25, -0.2) is 0 Å². The van der Waals surface area contributed by atoms with Crippen LogP contribution in [0.15, 0.2) is 48.7 Å². The summed E-state index contributed by atoms with van der Waals surface area (Å²) in [5.41, 5.74) is 2.33. The van der Waals surface area contributed by atoms with Crippen LogP contribution in [0.25, 0.3) is 10.9 Å². The first-order chi connectivity index (χ1) is 13.1. The lowest BCUT2D eigenvalue weighted by molar-refractivity contribution is 0.102. The van der Waals surface area contributed by atoms with E-state index in [0.717, 1.165) is 24.2 Å². The summed E-state index contributed by atoms with van der Waals surface area (Å²) in [7, 11) is 0. The summed E-state index contributed by atoms with van der Waals surface area (Å²) in [6, 6.07) is 12.9. The Bertz CT molecular complexity index is 977. The zero-order valence-corrected chi connectivity index (χ0v) is 16.4. The molecule has 1 amide bonds. The van der Waals surface area contributed by atoms with Gasteiger partial charge in [0.1, 0.15) is 0 Å². The van der Waals surface area contributed by atoms with Gasteiger partial charge in [-0.05, 0) is 68.4 Å². The molecule has 140 valence electrons. The number of amides is 1. The molecular weight excluding hydrogens is 381 g/mol. The van der Waals surface area contributed by atoms with Crippen LogP contribution in [0, 0.1) is 0 Å². The first kappa shape index (κ1) is 18.4. The van der Waals surface area contributed by atoms with E-state index >= 15 is 0 Å². The third kappa shape index (κ3) is 4.13. The predicted octanol–water partition coefficient (Wildman–Crippen LogP) is 5.30. The Hall–Kier alpha value is -2.01. The van der Waals surface area contributed by atoms with Crippen LogP contribution < -0.4 is 5.32 Å². The number of anilines is 1. The van der Waals surface area contributed by atoms with E-state index in [2.05, 4.69) is 33.1 Å². The van der Waals surface area contributed by atoms with Crippen LogP contribution >= 0.6 is 23.2 Å². The van der Waals surface area contributed by atoms with Crippen molar-refractivity contribution >= 4 is 45.7 Å². The van der Waals surface area contributed by atoms with Gasteiger partial charge in [-0.1, -0.05) is 23.2 Å². The highest BCUT2D eigenvalue weighted by Gasteiger charge is 2.13. The van der Waals surface area contributed by atoms with Crippen molar-refractivity contribution in [1.82, 2.24) is 9.47 Å². The number of aromatic nitrogens is 1. The molecule has 1 fully saturated rings. The lowest BCUT2D eigenvalue weighted by Crippen LogP contribution is -2.23. The second-order valence-electron chi connectivity index (χ2n) is 6.91. The number of benzene rings is 2. The van der Waals surface area contributed by atoms with Gasteiger partial charge in [-0.2, -0.15) is 0 Å². The number of hydrogen-bond donors (Lipinski definition) is 1. The van der Waals surface area contributed by atoms with Gasteiger partial charge in [-0.15, -0.1) is 0 Å². The molecule has 0 unspecified atom stereocenters. The molecule has 0 atom stereocenters. The van der Waals surface area contributed by atoms with Crippen molar-refractivity contribution in [2.45, 2.75) is 19.4 Å². The molecule has 6 heteroatoms. The fourth-order valence-corrected chi connectivity index (χ4v) is 4.09. The minimum atomic E-state index is -0.246. The van der Waals surface area contributed by atoms with Gasteiger partial charge in [0.05, 0.1) is 10.6 Å². The Balaban J connectivity index is 1.47. The van der Waals surface area contributed by atoms with Crippen LogP contribution in [-0.4, -0.2) is 35.0 Å². The van der Waals surface area contributed by atoms with Crippen LogP contribution in [-0.2, 0) is 6.54 Å². The highest BCUT2D eigenvalue weighted by atomic mass is 35.5. The Kier molecular flexibility index (Phi) is 5.39. The number of rotatable bonds is 5. The van der Waals surface area contributed by atoms with Gasteiger partial charge in [0, 0.05) is 40.9 Å². The molecule has 0 saturated carbocycles. The number of carbonyl (C=O) groups is 1.